The smallest absolute Gasteiger partial charge is 0.262 e. The van der Waals surface area contributed by atoms with Crippen molar-refractivity contribution in [1.29, 1.82) is 0 Å². The Labute approximate surface area is 171 Å². The maximum absolute atomic E-state index is 12.5. The number of thiophene rings is 1. The second-order valence-electron chi connectivity index (χ2n) is 6.17. The molecule has 2 N–H and O–H groups in total. The fraction of sp³-hybridized carbons (Fsp3) is 0.316. The molecule has 2 heterocycles. The normalized spacial score (nSPS) is 15.2. The summed E-state index contributed by atoms with van der Waals surface area (Å²) in [6.07, 6.45) is 0.442. The second kappa shape index (κ2) is 9.18. The Bertz CT molecular complexity index is 868. The summed E-state index contributed by atoms with van der Waals surface area (Å²) >= 11 is 7.01. The van der Waals surface area contributed by atoms with Crippen molar-refractivity contribution < 1.29 is 19.1 Å². The zero-order chi connectivity index (χ0) is 20.1. The molecule has 0 bridgehead atoms. The average Bonchev–Trinajstić information content (AvgIpc) is 3.13. The van der Waals surface area contributed by atoms with Crippen LogP contribution in [0.3, 0.4) is 0 Å². The van der Waals surface area contributed by atoms with E-state index in [-0.39, 0.29) is 24.3 Å². The first-order valence-corrected chi connectivity index (χ1v) is 10.0. The van der Waals surface area contributed by atoms with Crippen LogP contribution < -0.4 is 15.5 Å². The number of ether oxygens (including phenoxy) is 1. The summed E-state index contributed by atoms with van der Waals surface area (Å²) in [6.45, 7) is 2.89. The zero-order valence-electron chi connectivity index (χ0n) is 15.2. The molecule has 1 aliphatic heterocycles. The van der Waals surface area contributed by atoms with Crippen LogP contribution in [-0.4, -0.2) is 43.5 Å². The molecule has 1 aliphatic rings. The lowest BCUT2D eigenvalue weighted by Gasteiger charge is -2.27. The Balaban J connectivity index is 1.60. The molecule has 9 heteroatoms. The Kier molecular flexibility index (Phi) is 6.66. The van der Waals surface area contributed by atoms with Crippen LogP contribution in [0, 0.1) is 0 Å². The fourth-order valence-electron chi connectivity index (χ4n) is 2.76. The molecule has 1 saturated heterocycles. The predicted octanol–water partition coefficient (Wildman–Crippen LogP) is 2.91. The second-order valence-corrected chi connectivity index (χ2v) is 7.89. The van der Waals surface area contributed by atoms with Gasteiger partial charge in [0.05, 0.1) is 15.8 Å². The van der Waals surface area contributed by atoms with Crippen molar-refractivity contribution in [2.75, 3.05) is 30.0 Å². The van der Waals surface area contributed by atoms with Crippen LogP contribution in [0.15, 0.2) is 36.4 Å². The number of nitrogens with zero attached hydrogens (tertiary/aromatic N) is 1. The molecule has 1 aromatic carbocycles. The van der Waals surface area contributed by atoms with Gasteiger partial charge in [-0.3, -0.25) is 14.4 Å². The van der Waals surface area contributed by atoms with Crippen LogP contribution in [0.5, 0.6) is 0 Å². The van der Waals surface area contributed by atoms with E-state index in [0.29, 0.717) is 34.5 Å². The maximum atomic E-state index is 12.5. The number of carbonyl (C=O) groups is 3. The number of carbonyl (C=O) groups excluding carboxylic acids is 3. The molecule has 28 heavy (non-hydrogen) atoms. The minimum atomic E-state index is -0.672. The van der Waals surface area contributed by atoms with Crippen LogP contribution in [0.2, 0.25) is 4.34 Å². The summed E-state index contributed by atoms with van der Waals surface area (Å²) in [6, 6.07) is 9.58. The highest BCUT2D eigenvalue weighted by Gasteiger charge is 2.22. The molecule has 0 spiro atoms. The van der Waals surface area contributed by atoms with Crippen LogP contribution in [0.4, 0.5) is 11.4 Å². The molecular weight excluding hydrogens is 402 g/mol. The van der Waals surface area contributed by atoms with Gasteiger partial charge in [0.2, 0.25) is 5.91 Å². The largest absolute Gasteiger partial charge is 0.370 e. The summed E-state index contributed by atoms with van der Waals surface area (Å²) < 4.78 is 5.64. The zero-order valence-corrected chi connectivity index (χ0v) is 16.8. The van der Waals surface area contributed by atoms with Gasteiger partial charge in [-0.05, 0) is 42.8 Å². The first-order valence-electron chi connectivity index (χ1n) is 8.83. The number of hydrogen-bond donors (Lipinski definition) is 2. The van der Waals surface area contributed by atoms with E-state index in [1.54, 1.807) is 41.3 Å². The Morgan fingerprint density at radius 1 is 1.25 bits per heavy atom. The first kappa shape index (κ1) is 20.3. The SMILES string of the molecule is CC[C@@H](NC(=O)c1ccc(Cl)s1)C(=O)Nc1ccc(N2CCOCC2=O)cc1. The number of amides is 3. The average molecular weight is 422 g/mol. The topological polar surface area (TPSA) is 87.7 Å². The van der Waals surface area contributed by atoms with Gasteiger partial charge in [-0.25, -0.2) is 0 Å². The number of anilines is 2. The van der Waals surface area contributed by atoms with Crippen LogP contribution in [-0.2, 0) is 14.3 Å². The van der Waals surface area contributed by atoms with Crippen LogP contribution in [0.25, 0.3) is 0 Å². The number of nitrogens with one attached hydrogen (secondary N) is 2. The molecule has 0 saturated carbocycles. The van der Waals surface area contributed by atoms with Gasteiger partial charge in [-0.2, -0.15) is 0 Å². The van der Waals surface area contributed by atoms with Crippen molar-refractivity contribution >= 4 is 52.0 Å². The summed E-state index contributed by atoms with van der Waals surface area (Å²) in [4.78, 5) is 38.8. The van der Waals surface area contributed by atoms with Gasteiger partial charge in [0, 0.05) is 17.9 Å². The first-order chi connectivity index (χ1) is 13.5. The van der Waals surface area contributed by atoms with Gasteiger partial charge in [0.15, 0.2) is 0 Å². The molecule has 2 aromatic rings. The van der Waals surface area contributed by atoms with Gasteiger partial charge in [0.25, 0.3) is 11.8 Å². The Morgan fingerprint density at radius 2 is 2.00 bits per heavy atom. The molecule has 0 unspecified atom stereocenters. The summed E-state index contributed by atoms with van der Waals surface area (Å²) in [5, 5.41) is 5.51. The van der Waals surface area contributed by atoms with E-state index in [0.717, 1.165) is 17.0 Å². The molecule has 0 aliphatic carbocycles. The molecule has 7 nitrogen and oxygen atoms in total. The van der Waals surface area contributed by atoms with E-state index < -0.39 is 6.04 Å². The predicted molar refractivity (Wildman–Crippen MR) is 109 cm³/mol. The van der Waals surface area contributed by atoms with Gasteiger partial charge in [-0.15, -0.1) is 11.3 Å². The number of benzene rings is 1. The van der Waals surface area contributed by atoms with Gasteiger partial charge in [0.1, 0.15) is 12.6 Å². The van der Waals surface area contributed by atoms with Crippen molar-refractivity contribution in [1.82, 2.24) is 5.32 Å². The van der Waals surface area contributed by atoms with E-state index >= 15 is 0 Å². The third-order valence-corrected chi connectivity index (χ3v) is 5.49. The highest BCUT2D eigenvalue weighted by atomic mass is 35.5. The van der Waals surface area contributed by atoms with Crippen LogP contribution in [0.1, 0.15) is 23.0 Å². The summed E-state index contributed by atoms with van der Waals surface area (Å²) in [5.74, 6) is -0.737. The monoisotopic (exact) mass is 421 g/mol. The minimum absolute atomic E-state index is 0.0752. The highest BCUT2D eigenvalue weighted by Crippen LogP contribution is 2.22. The molecule has 1 atom stereocenters. The summed E-state index contributed by atoms with van der Waals surface area (Å²) in [5.41, 5.74) is 1.34. The third-order valence-electron chi connectivity index (χ3n) is 4.26. The Hall–Kier alpha value is -2.42. The molecule has 3 rings (SSSR count). The molecular formula is C19H20ClN3O4S. The third kappa shape index (κ3) is 4.89. The molecule has 1 aromatic heterocycles. The van der Waals surface area contributed by atoms with Crippen molar-refractivity contribution in [2.45, 2.75) is 19.4 Å². The number of morpholine rings is 1. The fourth-order valence-corrected chi connectivity index (χ4v) is 3.71. The number of halogens is 1. The van der Waals surface area contributed by atoms with Crippen molar-refractivity contribution in [2.24, 2.45) is 0 Å². The lowest BCUT2D eigenvalue weighted by atomic mass is 10.2. The lowest BCUT2D eigenvalue weighted by Crippen LogP contribution is -2.43. The van der Waals surface area contributed by atoms with Crippen molar-refractivity contribution in [3.8, 4) is 0 Å². The maximum Gasteiger partial charge on any atom is 0.262 e. The lowest BCUT2D eigenvalue weighted by molar-refractivity contribution is -0.125. The molecule has 3 amide bonds. The quantitative estimate of drug-likeness (QED) is 0.750. The van der Waals surface area contributed by atoms with E-state index in [4.69, 9.17) is 16.3 Å². The van der Waals surface area contributed by atoms with E-state index in [1.165, 1.54) is 0 Å². The molecule has 1 fully saturated rings. The van der Waals surface area contributed by atoms with Gasteiger partial charge >= 0.3 is 0 Å². The summed E-state index contributed by atoms with van der Waals surface area (Å²) in [7, 11) is 0. The van der Waals surface area contributed by atoms with E-state index in [9.17, 15) is 14.4 Å². The number of hydrogen-bond acceptors (Lipinski definition) is 5. The highest BCUT2D eigenvalue weighted by molar-refractivity contribution is 7.18. The van der Waals surface area contributed by atoms with Crippen LogP contribution >= 0.6 is 22.9 Å². The van der Waals surface area contributed by atoms with Gasteiger partial charge < -0.3 is 20.3 Å². The van der Waals surface area contributed by atoms with Crippen molar-refractivity contribution in [3.63, 3.8) is 0 Å². The minimum Gasteiger partial charge on any atom is -0.370 e. The standard InChI is InChI=1S/C19H20ClN3O4S/c1-2-14(22-19(26)15-7-8-16(20)28-15)18(25)21-12-3-5-13(6-4-12)23-9-10-27-11-17(23)24/h3-8,14H,2,9-11H2,1H3,(H,21,25)(H,22,26)/t14-/m1/s1. The van der Waals surface area contributed by atoms with E-state index in [1.807, 2.05) is 6.92 Å². The Morgan fingerprint density at radius 3 is 2.61 bits per heavy atom. The molecule has 0 radical (unpaired) electrons. The van der Waals surface area contributed by atoms with Gasteiger partial charge in [-0.1, -0.05) is 18.5 Å². The number of rotatable bonds is 6. The van der Waals surface area contributed by atoms with Crippen molar-refractivity contribution in [3.05, 3.63) is 45.6 Å². The molecule has 148 valence electrons. The van der Waals surface area contributed by atoms with E-state index in [2.05, 4.69) is 10.6 Å².